The van der Waals surface area contributed by atoms with Gasteiger partial charge in [-0.05, 0) is 60.0 Å². The molecule has 35 heavy (non-hydrogen) atoms. The first-order valence-electron chi connectivity index (χ1n) is 11.9. The van der Waals surface area contributed by atoms with Gasteiger partial charge in [0, 0.05) is 56.5 Å². The monoisotopic (exact) mass is 475 g/mol. The number of carbonyl (C=O) groups is 2. The molecule has 0 bridgehead atoms. The number of aryl methyl sites for hydroxylation is 1. The van der Waals surface area contributed by atoms with Crippen molar-refractivity contribution < 1.29 is 14.0 Å². The number of pyridine rings is 1. The first-order valence-corrected chi connectivity index (χ1v) is 11.9. The molecule has 0 radical (unpaired) electrons. The van der Waals surface area contributed by atoms with E-state index in [1.54, 1.807) is 36.7 Å². The van der Waals surface area contributed by atoms with Crippen LogP contribution in [-0.4, -0.2) is 54.4 Å². The maximum Gasteiger partial charge on any atom is 0.313 e. The van der Waals surface area contributed by atoms with Gasteiger partial charge in [-0.3, -0.25) is 19.5 Å². The first kappa shape index (κ1) is 24.3. The van der Waals surface area contributed by atoms with Gasteiger partial charge in [0.25, 0.3) is 0 Å². The van der Waals surface area contributed by atoms with Crippen molar-refractivity contribution in [1.29, 1.82) is 0 Å². The molecule has 0 saturated carbocycles. The molecule has 3 aromatic rings. The average Bonchev–Trinajstić information content (AvgIpc) is 2.90. The van der Waals surface area contributed by atoms with Crippen molar-refractivity contribution in [2.45, 2.75) is 19.4 Å². The van der Waals surface area contributed by atoms with Gasteiger partial charge >= 0.3 is 11.8 Å². The lowest BCUT2D eigenvalue weighted by Crippen LogP contribution is -2.50. The second kappa shape index (κ2) is 11.6. The lowest BCUT2D eigenvalue weighted by molar-refractivity contribution is -0.136. The van der Waals surface area contributed by atoms with Crippen LogP contribution in [0.15, 0.2) is 73.1 Å². The Hall–Kier alpha value is -3.78. The number of anilines is 2. The zero-order valence-corrected chi connectivity index (χ0v) is 19.8. The summed E-state index contributed by atoms with van der Waals surface area (Å²) in [6.07, 6.45) is 4.41. The Morgan fingerprint density at radius 1 is 0.971 bits per heavy atom. The van der Waals surface area contributed by atoms with Crippen LogP contribution in [0.5, 0.6) is 0 Å². The van der Waals surface area contributed by atoms with E-state index in [2.05, 4.69) is 32.3 Å². The quantitative estimate of drug-likeness (QED) is 0.512. The second-order valence-corrected chi connectivity index (χ2v) is 8.52. The molecule has 0 aliphatic carbocycles. The fourth-order valence-electron chi connectivity index (χ4n) is 4.26. The van der Waals surface area contributed by atoms with Crippen LogP contribution in [0.3, 0.4) is 0 Å². The number of hydrogen-bond acceptors (Lipinski definition) is 5. The third-order valence-electron chi connectivity index (χ3n) is 6.30. The minimum atomic E-state index is -0.694. The van der Waals surface area contributed by atoms with E-state index in [0.717, 1.165) is 49.4 Å². The van der Waals surface area contributed by atoms with Gasteiger partial charge in [0.05, 0.1) is 6.04 Å². The number of amides is 2. The summed E-state index contributed by atoms with van der Waals surface area (Å²) in [5, 5.41) is 5.45. The van der Waals surface area contributed by atoms with Crippen molar-refractivity contribution >= 4 is 23.2 Å². The largest absolute Gasteiger partial charge is 0.369 e. The highest BCUT2D eigenvalue weighted by atomic mass is 19.1. The van der Waals surface area contributed by atoms with Crippen LogP contribution in [0.2, 0.25) is 0 Å². The highest BCUT2D eigenvalue weighted by Gasteiger charge is 2.27. The molecular weight excluding hydrogens is 445 g/mol. The topological polar surface area (TPSA) is 77.6 Å². The molecule has 1 saturated heterocycles. The van der Waals surface area contributed by atoms with Gasteiger partial charge in [0.2, 0.25) is 0 Å². The summed E-state index contributed by atoms with van der Waals surface area (Å²) in [4.78, 5) is 33.7. The summed E-state index contributed by atoms with van der Waals surface area (Å²) in [5.41, 5.74) is 3.70. The Morgan fingerprint density at radius 2 is 1.69 bits per heavy atom. The van der Waals surface area contributed by atoms with Crippen LogP contribution in [-0.2, 0) is 16.0 Å². The van der Waals surface area contributed by atoms with Crippen molar-refractivity contribution in [3.05, 3.63) is 90.0 Å². The van der Waals surface area contributed by atoms with Crippen LogP contribution < -0.4 is 15.5 Å². The third-order valence-corrected chi connectivity index (χ3v) is 6.30. The lowest BCUT2D eigenvalue weighted by atomic mass is 10.1. The number of halogens is 1. The fraction of sp³-hybridized carbons (Fsp3) is 0.296. The molecule has 7 nitrogen and oxygen atoms in total. The summed E-state index contributed by atoms with van der Waals surface area (Å²) in [6, 6.07) is 17.7. The van der Waals surface area contributed by atoms with Crippen LogP contribution in [0.25, 0.3) is 0 Å². The molecule has 2 aromatic carbocycles. The van der Waals surface area contributed by atoms with Crippen molar-refractivity contribution in [3.63, 3.8) is 0 Å². The highest BCUT2D eigenvalue weighted by molar-refractivity contribution is 6.39. The van der Waals surface area contributed by atoms with Gasteiger partial charge in [-0.1, -0.05) is 25.1 Å². The molecule has 1 aromatic heterocycles. The molecule has 0 spiro atoms. The fourth-order valence-corrected chi connectivity index (χ4v) is 4.26. The Kier molecular flexibility index (Phi) is 8.05. The molecule has 8 heteroatoms. The second-order valence-electron chi connectivity index (χ2n) is 8.52. The minimum Gasteiger partial charge on any atom is -0.369 e. The third kappa shape index (κ3) is 6.42. The van der Waals surface area contributed by atoms with Crippen LogP contribution >= 0.6 is 0 Å². The number of hydrogen-bond donors (Lipinski definition) is 2. The number of nitrogens with one attached hydrogen (secondary N) is 2. The number of nitrogens with zero attached hydrogens (tertiary/aromatic N) is 3. The van der Waals surface area contributed by atoms with Crippen LogP contribution in [0.4, 0.5) is 15.8 Å². The van der Waals surface area contributed by atoms with Gasteiger partial charge in [0.1, 0.15) is 5.82 Å². The van der Waals surface area contributed by atoms with E-state index >= 15 is 0 Å². The van der Waals surface area contributed by atoms with E-state index in [1.807, 2.05) is 24.3 Å². The Morgan fingerprint density at radius 3 is 2.31 bits per heavy atom. The number of rotatable bonds is 7. The molecule has 2 amide bonds. The Bertz CT molecular complexity index is 1110. The molecule has 1 aliphatic rings. The lowest BCUT2D eigenvalue weighted by Gasteiger charge is -2.40. The zero-order valence-electron chi connectivity index (χ0n) is 19.8. The van der Waals surface area contributed by atoms with E-state index in [4.69, 9.17) is 0 Å². The van der Waals surface area contributed by atoms with E-state index in [0.29, 0.717) is 5.69 Å². The standard InChI is InChI=1S/C27H30FN5O2/c1-2-20-5-9-23(10-6-20)31-27(35)26(34)30-19-25(21-4-3-13-29-18-21)33-16-14-32(15-17-33)24-11-7-22(28)8-12-24/h3-13,18,25H,2,14-17,19H2,1H3,(H,30,34)(H,31,35)/t25-/m0/s1. The number of piperazine rings is 1. The van der Waals surface area contributed by atoms with Gasteiger partial charge < -0.3 is 15.5 Å². The van der Waals surface area contributed by atoms with E-state index in [1.165, 1.54) is 12.1 Å². The van der Waals surface area contributed by atoms with Gasteiger partial charge in [-0.25, -0.2) is 4.39 Å². The molecular formula is C27H30FN5O2. The normalized spacial score (nSPS) is 14.9. The summed E-state index contributed by atoms with van der Waals surface area (Å²) in [6.45, 7) is 5.38. The zero-order chi connectivity index (χ0) is 24.6. The summed E-state index contributed by atoms with van der Waals surface area (Å²) in [7, 11) is 0. The molecule has 2 N–H and O–H groups in total. The molecule has 1 fully saturated rings. The molecule has 182 valence electrons. The van der Waals surface area contributed by atoms with Crippen molar-refractivity contribution in [2.75, 3.05) is 42.9 Å². The highest BCUT2D eigenvalue weighted by Crippen LogP contribution is 2.24. The smallest absolute Gasteiger partial charge is 0.313 e. The average molecular weight is 476 g/mol. The minimum absolute atomic E-state index is 0.125. The van der Waals surface area contributed by atoms with E-state index < -0.39 is 11.8 Å². The maximum absolute atomic E-state index is 13.3. The van der Waals surface area contributed by atoms with Gasteiger partial charge in [-0.15, -0.1) is 0 Å². The number of benzene rings is 2. The molecule has 1 atom stereocenters. The summed E-state index contributed by atoms with van der Waals surface area (Å²) in [5.74, 6) is -1.62. The van der Waals surface area contributed by atoms with Crippen molar-refractivity contribution in [3.8, 4) is 0 Å². The maximum atomic E-state index is 13.3. The van der Waals surface area contributed by atoms with Crippen molar-refractivity contribution in [1.82, 2.24) is 15.2 Å². The Balaban J connectivity index is 1.37. The molecule has 0 unspecified atom stereocenters. The van der Waals surface area contributed by atoms with E-state index in [9.17, 15) is 14.0 Å². The summed E-state index contributed by atoms with van der Waals surface area (Å²) >= 11 is 0. The van der Waals surface area contributed by atoms with E-state index in [-0.39, 0.29) is 18.4 Å². The SMILES string of the molecule is CCc1ccc(NC(=O)C(=O)NC[C@@H](c2cccnc2)N2CCN(c3ccc(F)cc3)CC2)cc1. The van der Waals surface area contributed by atoms with Crippen LogP contribution in [0, 0.1) is 5.82 Å². The van der Waals surface area contributed by atoms with Crippen molar-refractivity contribution in [2.24, 2.45) is 0 Å². The van der Waals surface area contributed by atoms with Gasteiger partial charge in [-0.2, -0.15) is 0 Å². The molecule has 1 aliphatic heterocycles. The molecule has 4 rings (SSSR count). The summed E-state index contributed by atoms with van der Waals surface area (Å²) < 4.78 is 13.3. The van der Waals surface area contributed by atoms with Crippen LogP contribution in [0.1, 0.15) is 24.1 Å². The first-order chi connectivity index (χ1) is 17.0. The number of aromatic nitrogens is 1. The van der Waals surface area contributed by atoms with Gasteiger partial charge in [0.15, 0.2) is 0 Å². The Labute approximate surface area is 205 Å². The predicted molar refractivity (Wildman–Crippen MR) is 135 cm³/mol. The predicted octanol–water partition coefficient (Wildman–Crippen LogP) is 3.40. The number of carbonyl (C=O) groups excluding carboxylic acids is 2. The molecule has 2 heterocycles.